The highest BCUT2D eigenvalue weighted by Crippen LogP contribution is 2.23. The molecule has 0 aromatic heterocycles. The van der Waals surface area contributed by atoms with Crippen LogP contribution in [0.5, 0.6) is 0 Å². The molecule has 0 unspecified atom stereocenters. The van der Waals surface area contributed by atoms with Crippen molar-refractivity contribution in [1.82, 2.24) is 0 Å². The summed E-state index contributed by atoms with van der Waals surface area (Å²) in [5, 5.41) is 0. The number of benzene rings is 1. The molecule has 0 amide bonds. The second kappa shape index (κ2) is 5.17. The molecule has 0 N–H and O–H groups in total. The Labute approximate surface area is 100 Å². The zero-order chi connectivity index (χ0) is 12.3. The number of piperidine rings is 1. The van der Waals surface area contributed by atoms with E-state index in [0.29, 0.717) is 5.56 Å². The molecule has 0 saturated carbocycles. The van der Waals surface area contributed by atoms with E-state index in [1.807, 2.05) is 12.1 Å². The van der Waals surface area contributed by atoms with Crippen molar-refractivity contribution in [3.05, 3.63) is 29.3 Å². The molecule has 1 aromatic carbocycles. The van der Waals surface area contributed by atoms with Gasteiger partial charge in [0.05, 0.1) is 5.56 Å². The number of hydrogen-bond acceptors (Lipinski definition) is 3. The average Bonchev–Trinajstić information content (AvgIpc) is 2.39. The van der Waals surface area contributed by atoms with Gasteiger partial charge < -0.3 is 4.90 Å². The first-order chi connectivity index (χ1) is 8.22. The van der Waals surface area contributed by atoms with Gasteiger partial charge in [-0.2, -0.15) is 0 Å². The standard InChI is InChI=1S/C13H16FNO2/c1-10-5-6-11(9-12(10)13(16)17-14)15-7-3-2-4-8-15/h5-6,9H,2-4,7-8H2,1H3. The molecule has 1 aliphatic rings. The third-order valence-corrected chi connectivity index (χ3v) is 3.23. The van der Waals surface area contributed by atoms with Gasteiger partial charge in [-0.25, -0.2) is 9.74 Å². The number of nitrogens with zero attached hydrogens (tertiary/aromatic N) is 1. The highest BCUT2D eigenvalue weighted by molar-refractivity contribution is 5.91. The molecule has 1 aromatic rings. The van der Waals surface area contributed by atoms with E-state index in [1.54, 1.807) is 13.0 Å². The summed E-state index contributed by atoms with van der Waals surface area (Å²) < 4.78 is 12.0. The summed E-state index contributed by atoms with van der Waals surface area (Å²) in [5.74, 6) is -0.915. The third kappa shape index (κ3) is 2.57. The number of halogens is 1. The Hall–Kier alpha value is -1.58. The van der Waals surface area contributed by atoms with Crippen molar-refractivity contribution in [2.75, 3.05) is 18.0 Å². The maximum Gasteiger partial charge on any atom is 0.379 e. The lowest BCUT2D eigenvalue weighted by atomic mass is 10.1. The van der Waals surface area contributed by atoms with Gasteiger partial charge in [0.15, 0.2) is 0 Å². The van der Waals surface area contributed by atoms with Gasteiger partial charge in [-0.3, -0.25) is 0 Å². The maximum atomic E-state index is 12.0. The highest BCUT2D eigenvalue weighted by atomic mass is 19.3. The normalized spacial score (nSPS) is 15.8. The number of hydrogen-bond donors (Lipinski definition) is 0. The maximum absolute atomic E-state index is 12.0. The predicted molar refractivity (Wildman–Crippen MR) is 63.8 cm³/mol. The van der Waals surface area contributed by atoms with Gasteiger partial charge in [-0.05, 0) is 43.9 Å². The first kappa shape index (κ1) is 11.9. The van der Waals surface area contributed by atoms with Crippen LogP contribution in [-0.4, -0.2) is 19.1 Å². The topological polar surface area (TPSA) is 29.5 Å². The minimum absolute atomic E-state index is 0.301. The molecule has 1 heterocycles. The fourth-order valence-electron chi connectivity index (χ4n) is 2.22. The van der Waals surface area contributed by atoms with Crippen LogP contribution in [0.1, 0.15) is 35.2 Å². The van der Waals surface area contributed by atoms with Crippen LogP contribution in [0, 0.1) is 6.92 Å². The molecule has 0 atom stereocenters. The summed E-state index contributed by atoms with van der Waals surface area (Å²) in [7, 11) is 0. The summed E-state index contributed by atoms with van der Waals surface area (Å²) in [5.41, 5.74) is 2.00. The van der Waals surface area contributed by atoms with Crippen molar-refractivity contribution >= 4 is 11.7 Å². The van der Waals surface area contributed by atoms with Gasteiger partial charge in [-0.1, -0.05) is 6.07 Å². The molecule has 0 aliphatic carbocycles. The molecule has 1 fully saturated rings. The molecular weight excluding hydrogens is 221 g/mol. The number of carbonyl (C=O) groups excluding carboxylic acids is 1. The Bertz CT molecular complexity index is 414. The van der Waals surface area contributed by atoms with Crippen LogP contribution in [0.2, 0.25) is 0 Å². The van der Waals surface area contributed by atoms with Gasteiger partial charge >= 0.3 is 5.97 Å². The van der Waals surface area contributed by atoms with E-state index in [-0.39, 0.29) is 0 Å². The SMILES string of the molecule is Cc1ccc(N2CCCCC2)cc1C(=O)OF. The minimum Gasteiger partial charge on any atom is -0.372 e. The lowest BCUT2D eigenvalue weighted by Gasteiger charge is -2.29. The van der Waals surface area contributed by atoms with Crippen LogP contribution >= 0.6 is 0 Å². The van der Waals surface area contributed by atoms with Crippen LogP contribution in [-0.2, 0) is 4.94 Å². The fraction of sp³-hybridized carbons (Fsp3) is 0.462. The smallest absolute Gasteiger partial charge is 0.372 e. The van der Waals surface area contributed by atoms with Crippen LogP contribution in [0.3, 0.4) is 0 Å². The van der Waals surface area contributed by atoms with Gasteiger partial charge in [-0.15, -0.1) is 0 Å². The largest absolute Gasteiger partial charge is 0.379 e. The van der Waals surface area contributed by atoms with E-state index in [4.69, 9.17) is 0 Å². The van der Waals surface area contributed by atoms with Crippen molar-refractivity contribution in [2.24, 2.45) is 0 Å². The molecule has 0 bridgehead atoms. The quantitative estimate of drug-likeness (QED) is 0.791. The first-order valence-electron chi connectivity index (χ1n) is 5.91. The van der Waals surface area contributed by atoms with E-state index in [9.17, 15) is 9.32 Å². The molecule has 0 spiro atoms. The van der Waals surface area contributed by atoms with E-state index < -0.39 is 5.97 Å². The highest BCUT2D eigenvalue weighted by Gasteiger charge is 2.16. The minimum atomic E-state index is -0.915. The van der Waals surface area contributed by atoms with E-state index in [2.05, 4.69) is 9.84 Å². The van der Waals surface area contributed by atoms with Crippen molar-refractivity contribution < 1.29 is 14.3 Å². The molecule has 3 nitrogen and oxygen atoms in total. The summed E-state index contributed by atoms with van der Waals surface area (Å²) in [6, 6.07) is 5.51. The lowest BCUT2D eigenvalue weighted by Crippen LogP contribution is -2.29. The average molecular weight is 237 g/mol. The number of rotatable bonds is 2. The van der Waals surface area contributed by atoms with Crippen molar-refractivity contribution in [1.29, 1.82) is 0 Å². The number of carbonyl (C=O) groups is 1. The molecule has 2 rings (SSSR count). The Morgan fingerprint density at radius 3 is 2.65 bits per heavy atom. The second-order valence-corrected chi connectivity index (χ2v) is 4.41. The Morgan fingerprint density at radius 1 is 1.29 bits per heavy atom. The van der Waals surface area contributed by atoms with Gasteiger partial charge in [0.1, 0.15) is 0 Å². The predicted octanol–water partition coefficient (Wildman–Crippen LogP) is 3.03. The van der Waals surface area contributed by atoms with Crippen LogP contribution in [0.15, 0.2) is 18.2 Å². The Kier molecular flexibility index (Phi) is 3.61. The number of aryl methyl sites for hydroxylation is 1. The lowest BCUT2D eigenvalue weighted by molar-refractivity contribution is -0.0788. The van der Waals surface area contributed by atoms with E-state index >= 15 is 0 Å². The monoisotopic (exact) mass is 237 g/mol. The zero-order valence-electron chi connectivity index (χ0n) is 9.91. The van der Waals surface area contributed by atoms with Gasteiger partial charge in [0, 0.05) is 23.3 Å². The molecule has 0 radical (unpaired) electrons. The molecule has 1 saturated heterocycles. The van der Waals surface area contributed by atoms with Crippen molar-refractivity contribution in [2.45, 2.75) is 26.2 Å². The van der Waals surface area contributed by atoms with Crippen molar-refractivity contribution in [3.8, 4) is 0 Å². The Balaban J connectivity index is 2.26. The molecule has 17 heavy (non-hydrogen) atoms. The zero-order valence-corrected chi connectivity index (χ0v) is 9.91. The van der Waals surface area contributed by atoms with E-state index in [0.717, 1.165) is 37.2 Å². The van der Waals surface area contributed by atoms with Crippen LogP contribution < -0.4 is 4.90 Å². The molecule has 92 valence electrons. The summed E-state index contributed by atoms with van der Waals surface area (Å²) in [6.45, 7) is 3.76. The van der Waals surface area contributed by atoms with Crippen molar-refractivity contribution in [3.63, 3.8) is 0 Å². The summed E-state index contributed by atoms with van der Waals surface area (Å²) in [4.78, 5) is 16.8. The summed E-state index contributed by atoms with van der Waals surface area (Å²) in [6.07, 6.45) is 3.58. The van der Waals surface area contributed by atoms with E-state index in [1.165, 1.54) is 6.42 Å². The molecular formula is C13H16FNO2. The van der Waals surface area contributed by atoms with Gasteiger partial charge in [0.2, 0.25) is 0 Å². The summed E-state index contributed by atoms with van der Waals surface area (Å²) >= 11 is 0. The third-order valence-electron chi connectivity index (χ3n) is 3.23. The fourth-order valence-corrected chi connectivity index (χ4v) is 2.22. The van der Waals surface area contributed by atoms with Crippen LogP contribution in [0.25, 0.3) is 0 Å². The Morgan fingerprint density at radius 2 is 2.00 bits per heavy atom. The number of anilines is 1. The molecule has 1 aliphatic heterocycles. The van der Waals surface area contributed by atoms with Crippen LogP contribution in [0.4, 0.5) is 10.2 Å². The second-order valence-electron chi connectivity index (χ2n) is 4.41. The van der Waals surface area contributed by atoms with Gasteiger partial charge in [0.25, 0.3) is 0 Å². The first-order valence-corrected chi connectivity index (χ1v) is 5.91. The molecule has 4 heteroatoms.